The number of benzene rings is 2. The van der Waals surface area contributed by atoms with Crippen LogP contribution in [0.5, 0.6) is 17.2 Å². The summed E-state index contributed by atoms with van der Waals surface area (Å²) in [6, 6.07) is 11.0. The van der Waals surface area contributed by atoms with Crippen molar-refractivity contribution < 1.29 is 52.4 Å². The second-order valence-corrected chi connectivity index (χ2v) is 8.74. The molecule has 0 heterocycles. The van der Waals surface area contributed by atoms with E-state index >= 15 is 0 Å². The van der Waals surface area contributed by atoms with Crippen LogP contribution in [-0.2, 0) is 16.5 Å². The molecule has 7 heteroatoms. The summed E-state index contributed by atoms with van der Waals surface area (Å²) in [5.74, 6) is -0.507. The third-order valence-electron chi connectivity index (χ3n) is 4.95. The SMILES string of the molecule is CCCCCCCCCCCc1ccccc1Oc1c([O-])cccc1S(=O)(=O)O.[Na+]. The summed E-state index contributed by atoms with van der Waals surface area (Å²) < 4.78 is 38.2. The fourth-order valence-corrected chi connectivity index (χ4v) is 3.97. The largest absolute Gasteiger partial charge is 1.00 e. The van der Waals surface area contributed by atoms with E-state index in [4.69, 9.17) is 4.74 Å². The standard InChI is InChI=1S/C23H32O5S.Na/c1-2-3-4-5-6-7-8-9-10-14-19-15-11-12-17-21(19)28-23-20(24)16-13-18-22(23)29(25,26)27;/h11-13,15-18,24H,2-10,14H2,1H3,(H,25,26,27);/q;+1/p-1. The van der Waals surface area contributed by atoms with Gasteiger partial charge in [-0.2, -0.15) is 8.42 Å². The third kappa shape index (κ3) is 8.98. The van der Waals surface area contributed by atoms with Crippen molar-refractivity contribution in [2.75, 3.05) is 0 Å². The van der Waals surface area contributed by atoms with Gasteiger partial charge in [0.1, 0.15) is 16.4 Å². The van der Waals surface area contributed by atoms with Crippen molar-refractivity contribution in [2.45, 2.75) is 76.0 Å². The summed E-state index contributed by atoms with van der Waals surface area (Å²) >= 11 is 0. The summed E-state index contributed by atoms with van der Waals surface area (Å²) in [5, 5.41) is 12.1. The summed E-state index contributed by atoms with van der Waals surface area (Å²) in [6.07, 6.45) is 11.9. The zero-order chi connectivity index (χ0) is 21.1. The third-order valence-corrected chi connectivity index (χ3v) is 5.83. The van der Waals surface area contributed by atoms with E-state index in [0.29, 0.717) is 5.75 Å². The zero-order valence-electron chi connectivity index (χ0n) is 18.1. The van der Waals surface area contributed by atoms with Crippen molar-refractivity contribution >= 4 is 10.1 Å². The second-order valence-electron chi connectivity index (χ2n) is 7.35. The Kier molecular flexibility index (Phi) is 12.7. The maximum atomic E-state index is 12.1. The van der Waals surface area contributed by atoms with E-state index < -0.39 is 20.8 Å². The topological polar surface area (TPSA) is 86.7 Å². The monoisotopic (exact) mass is 442 g/mol. The quantitative estimate of drug-likeness (QED) is 0.293. The van der Waals surface area contributed by atoms with E-state index in [-0.39, 0.29) is 35.3 Å². The number of hydrogen-bond acceptors (Lipinski definition) is 4. The van der Waals surface area contributed by atoms with Crippen LogP contribution in [0.2, 0.25) is 0 Å². The molecule has 0 aromatic heterocycles. The van der Waals surface area contributed by atoms with Crippen LogP contribution >= 0.6 is 0 Å². The molecule has 1 N–H and O–H groups in total. The van der Waals surface area contributed by atoms with Gasteiger partial charge in [-0.1, -0.05) is 94.4 Å². The van der Waals surface area contributed by atoms with E-state index in [1.54, 1.807) is 12.1 Å². The van der Waals surface area contributed by atoms with Crippen LogP contribution < -0.4 is 39.4 Å². The Hall–Kier alpha value is -1.05. The Morgan fingerprint density at radius 3 is 2.10 bits per heavy atom. The van der Waals surface area contributed by atoms with Gasteiger partial charge in [-0.05, 0) is 30.5 Å². The molecule has 0 amide bonds. The van der Waals surface area contributed by atoms with Crippen molar-refractivity contribution in [3.63, 3.8) is 0 Å². The predicted molar refractivity (Wildman–Crippen MR) is 113 cm³/mol. The van der Waals surface area contributed by atoms with Gasteiger partial charge in [0.05, 0.1) is 0 Å². The number of ether oxygens (including phenoxy) is 1. The van der Waals surface area contributed by atoms with Gasteiger partial charge in [-0.25, -0.2) is 0 Å². The van der Waals surface area contributed by atoms with Crippen molar-refractivity contribution in [3.05, 3.63) is 48.0 Å². The number of unbranched alkanes of at least 4 members (excludes halogenated alkanes) is 8. The van der Waals surface area contributed by atoms with Gasteiger partial charge in [0, 0.05) is 0 Å². The summed E-state index contributed by atoms with van der Waals surface area (Å²) in [6.45, 7) is 2.22. The smallest absolute Gasteiger partial charge is 0.870 e. The second kappa shape index (κ2) is 14.1. The van der Waals surface area contributed by atoms with Crippen molar-refractivity contribution in [1.29, 1.82) is 0 Å². The molecule has 2 rings (SSSR count). The minimum absolute atomic E-state index is 0. The van der Waals surface area contributed by atoms with Gasteiger partial charge >= 0.3 is 29.6 Å². The van der Waals surface area contributed by atoms with E-state index in [1.165, 1.54) is 57.1 Å². The molecule has 160 valence electrons. The molecule has 0 atom stereocenters. The predicted octanol–water partition coefficient (Wildman–Crippen LogP) is 2.88. The molecule has 0 spiro atoms. The minimum Gasteiger partial charge on any atom is -0.870 e. The fourth-order valence-electron chi connectivity index (χ4n) is 3.35. The van der Waals surface area contributed by atoms with E-state index in [9.17, 15) is 18.1 Å². The first-order chi connectivity index (χ1) is 13.9. The van der Waals surface area contributed by atoms with Crippen LogP contribution in [0.4, 0.5) is 0 Å². The molecule has 2 aromatic carbocycles. The Morgan fingerprint density at radius 2 is 1.47 bits per heavy atom. The zero-order valence-corrected chi connectivity index (χ0v) is 20.9. The van der Waals surface area contributed by atoms with Crippen LogP contribution in [0.1, 0.15) is 70.3 Å². The molecule has 0 aliphatic carbocycles. The van der Waals surface area contributed by atoms with Crippen LogP contribution in [0, 0.1) is 0 Å². The van der Waals surface area contributed by atoms with E-state index in [2.05, 4.69) is 6.92 Å². The molecule has 0 bridgehead atoms. The van der Waals surface area contributed by atoms with Crippen LogP contribution in [0.3, 0.4) is 0 Å². The summed E-state index contributed by atoms with van der Waals surface area (Å²) in [4.78, 5) is -0.511. The van der Waals surface area contributed by atoms with Gasteiger partial charge in [-0.3, -0.25) is 4.55 Å². The Bertz CT molecular complexity index is 868. The first-order valence-electron chi connectivity index (χ1n) is 10.5. The maximum Gasteiger partial charge on any atom is 1.00 e. The Balaban J connectivity index is 0.00000450. The first-order valence-corrected chi connectivity index (χ1v) is 11.9. The summed E-state index contributed by atoms with van der Waals surface area (Å²) in [7, 11) is -4.55. The molecule has 5 nitrogen and oxygen atoms in total. The Labute approximate surface area is 202 Å². The molecule has 0 fully saturated rings. The van der Waals surface area contributed by atoms with Gasteiger partial charge in [0.25, 0.3) is 10.1 Å². The maximum absolute atomic E-state index is 12.1. The molecule has 0 aliphatic rings. The number of para-hydroxylation sites is 2. The molecule has 0 radical (unpaired) electrons. The number of rotatable bonds is 13. The molecule has 0 saturated heterocycles. The average Bonchev–Trinajstić information content (AvgIpc) is 2.68. The Morgan fingerprint density at radius 1 is 0.867 bits per heavy atom. The molecule has 2 aromatic rings. The molecule has 0 unspecified atom stereocenters. The molecule has 0 aliphatic heterocycles. The molecule has 30 heavy (non-hydrogen) atoms. The normalized spacial score (nSPS) is 11.1. The minimum atomic E-state index is -4.55. The van der Waals surface area contributed by atoms with Gasteiger partial charge < -0.3 is 9.84 Å². The van der Waals surface area contributed by atoms with Crippen molar-refractivity contribution in [2.24, 2.45) is 0 Å². The van der Waals surface area contributed by atoms with Gasteiger partial charge in [-0.15, -0.1) is 0 Å². The van der Waals surface area contributed by atoms with Crippen molar-refractivity contribution in [3.8, 4) is 17.2 Å². The average molecular weight is 443 g/mol. The van der Waals surface area contributed by atoms with Crippen LogP contribution in [0.25, 0.3) is 0 Å². The molecule has 0 saturated carbocycles. The van der Waals surface area contributed by atoms with Crippen molar-refractivity contribution in [1.82, 2.24) is 0 Å². The van der Waals surface area contributed by atoms with Crippen LogP contribution in [-0.4, -0.2) is 13.0 Å². The van der Waals surface area contributed by atoms with E-state index in [0.717, 1.165) is 30.9 Å². The number of aryl methyl sites for hydroxylation is 1. The number of hydrogen-bond donors (Lipinski definition) is 1. The van der Waals surface area contributed by atoms with Gasteiger partial charge in [0.2, 0.25) is 0 Å². The summed E-state index contributed by atoms with van der Waals surface area (Å²) in [5.41, 5.74) is 0.917. The fraction of sp³-hybridized carbons (Fsp3) is 0.478. The van der Waals surface area contributed by atoms with Crippen LogP contribution in [0.15, 0.2) is 47.4 Å². The van der Waals surface area contributed by atoms with Gasteiger partial charge in [0.15, 0.2) is 0 Å². The van der Waals surface area contributed by atoms with E-state index in [1.807, 2.05) is 12.1 Å². The first kappa shape index (κ1) is 27.0. The molecular weight excluding hydrogens is 411 g/mol. The molecular formula is C23H31NaO5S.